The van der Waals surface area contributed by atoms with Crippen LogP contribution in [-0.2, 0) is 9.53 Å². The van der Waals surface area contributed by atoms with Crippen molar-refractivity contribution in [2.24, 2.45) is 0 Å². The molecule has 1 fully saturated rings. The molecule has 4 rings (SSSR count). The average Bonchev–Trinajstić information content (AvgIpc) is 3.42. The molecule has 8 nitrogen and oxygen atoms in total. The number of nitrogens with zero attached hydrogens (tertiary/aromatic N) is 2. The molecule has 1 aliphatic rings. The molecule has 0 spiro atoms. The Bertz CT molecular complexity index is 1130. The number of carboxylic acids is 1. The van der Waals surface area contributed by atoms with Crippen LogP contribution in [-0.4, -0.2) is 45.7 Å². The SMILES string of the molecule is COC(=O)CCN1C(=S)NC(c2ccccn2)C1c1ccc(-c2ccc(C(=O)O)cc2)o1. The number of aromatic nitrogens is 1. The predicted octanol–water partition coefficient (Wildman–Crippen LogP) is 3.58. The van der Waals surface area contributed by atoms with Crippen LogP contribution in [0.25, 0.3) is 11.3 Å². The molecule has 1 saturated heterocycles. The topological polar surface area (TPSA) is 105 Å². The number of thiocarbonyl (C=S) groups is 1. The van der Waals surface area contributed by atoms with E-state index in [1.165, 1.54) is 19.2 Å². The first kappa shape index (κ1) is 21.5. The number of hydrogen-bond acceptors (Lipinski definition) is 6. The summed E-state index contributed by atoms with van der Waals surface area (Å²) in [5.74, 6) is -0.0641. The maximum absolute atomic E-state index is 11.7. The Hall–Kier alpha value is -3.72. The molecule has 0 saturated carbocycles. The van der Waals surface area contributed by atoms with Gasteiger partial charge in [-0.15, -0.1) is 0 Å². The molecule has 32 heavy (non-hydrogen) atoms. The van der Waals surface area contributed by atoms with Crippen molar-refractivity contribution < 1.29 is 23.8 Å². The molecule has 0 amide bonds. The minimum Gasteiger partial charge on any atom is -0.478 e. The molecule has 3 heterocycles. The lowest BCUT2D eigenvalue weighted by Gasteiger charge is -2.25. The van der Waals surface area contributed by atoms with Gasteiger partial charge in [-0.05, 0) is 48.6 Å². The van der Waals surface area contributed by atoms with Gasteiger partial charge in [-0.2, -0.15) is 0 Å². The molecule has 0 bridgehead atoms. The monoisotopic (exact) mass is 451 g/mol. The van der Waals surface area contributed by atoms with E-state index in [4.69, 9.17) is 26.5 Å². The highest BCUT2D eigenvalue weighted by molar-refractivity contribution is 7.80. The van der Waals surface area contributed by atoms with E-state index in [2.05, 4.69) is 10.3 Å². The lowest BCUT2D eigenvalue weighted by Crippen LogP contribution is -2.31. The van der Waals surface area contributed by atoms with Crippen LogP contribution in [0.3, 0.4) is 0 Å². The Kier molecular flexibility index (Phi) is 6.18. The third kappa shape index (κ3) is 4.33. The van der Waals surface area contributed by atoms with Gasteiger partial charge in [0, 0.05) is 18.3 Å². The number of ether oxygens (including phenoxy) is 1. The van der Waals surface area contributed by atoms with Crippen molar-refractivity contribution in [1.29, 1.82) is 0 Å². The van der Waals surface area contributed by atoms with E-state index in [1.807, 2.05) is 35.2 Å². The minimum atomic E-state index is -0.985. The first-order chi connectivity index (χ1) is 15.5. The Morgan fingerprint density at radius 3 is 2.62 bits per heavy atom. The van der Waals surface area contributed by atoms with Crippen molar-refractivity contribution >= 4 is 29.3 Å². The molecule has 1 aliphatic heterocycles. The van der Waals surface area contributed by atoms with Crippen LogP contribution >= 0.6 is 12.2 Å². The van der Waals surface area contributed by atoms with Gasteiger partial charge in [-0.1, -0.05) is 18.2 Å². The number of carbonyl (C=O) groups is 2. The second-order valence-corrected chi connectivity index (χ2v) is 7.62. The van der Waals surface area contributed by atoms with E-state index >= 15 is 0 Å². The summed E-state index contributed by atoms with van der Waals surface area (Å²) in [4.78, 5) is 29.2. The normalized spacial score (nSPS) is 17.8. The van der Waals surface area contributed by atoms with E-state index in [0.29, 0.717) is 23.2 Å². The lowest BCUT2D eigenvalue weighted by molar-refractivity contribution is -0.140. The molecular weight excluding hydrogens is 430 g/mol. The number of hydrogen-bond donors (Lipinski definition) is 2. The molecule has 0 aliphatic carbocycles. The molecule has 2 aromatic heterocycles. The van der Waals surface area contributed by atoms with Gasteiger partial charge in [0.1, 0.15) is 17.6 Å². The number of methoxy groups -OCH3 is 1. The number of esters is 1. The zero-order valence-electron chi connectivity index (χ0n) is 17.2. The smallest absolute Gasteiger partial charge is 0.335 e. The van der Waals surface area contributed by atoms with Crippen LogP contribution in [0.15, 0.2) is 65.2 Å². The fourth-order valence-corrected chi connectivity index (χ4v) is 4.04. The molecular formula is C23H21N3O5S. The number of carboxylic acid groups (broad SMARTS) is 1. The summed E-state index contributed by atoms with van der Waals surface area (Å²) in [5, 5.41) is 12.9. The van der Waals surface area contributed by atoms with Crippen molar-refractivity contribution in [2.75, 3.05) is 13.7 Å². The van der Waals surface area contributed by atoms with Gasteiger partial charge >= 0.3 is 11.9 Å². The van der Waals surface area contributed by atoms with Gasteiger partial charge in [0.05, 0.1) is 30.8 Å². The van der Waals surface area contributed by atoms with E-state index in [1.54, 1.807) is 18.3 Å². The summed E-state index contributed by atoms with van der Waals surface area (Å²) in [7, 11) is 1.35. The van der Waals surface area contributed by atoms with Gasteiger partial charge in [0.2, 0.25) is 0 Å². The second-order valence-electron chi connectivity index (χ2n) is 7.23. The quantitative estimate of drug-likeness (QED) is 0.412. The first-order valence-corrected chi connectivity index (χ1v) is 10.4. The Morgan fingerprint density at radius 2 is 1.97 bits per heavy atom. The van der Waals surface area contributed by atoms with Crippen LogP contribution in [0.4, 0.5) is 0 Å². The second kappa shape index (κ2) is 9.19. The highest BCUT2D eigenvalue weighted by atomic mass is 32.1. The standard InChI is InChI=1S/C23H21N3O5S/c1-30-19(27)11-13-26-21(20(25-23(26)32)16-4-2-3-12-24-16)18-10-9-17(31-18)14-5-7-15(8-6-14)22(28)29/h2-10,12,20-21H,11,13H2,1H3,(H,25,32)(H,28,29). The number of aromatic carboxylic acids is 1. The number of nitrogens with one attached hydrogen (secondary N) is 1. The summed E-state index contributed by atoms with van der Waals surface area (Å²) in [5.41, 5.74) is 1.75. The number of pyridine rings is 1. The summed E-state index contributed by atoms with van der Waals surface area (Å²) in [6.07, 6.45) is 1.89. The summed E-state index contributed by atoms with van der Waals surface area (Å²) in [6, 6.07) is 15.2. The van der Waals surface area contributed by atoms with Crippen LogP contribution in [0.1, 0.15) is 40.3 Å². The third-order valence-electron chi connectivity index (χ3n) is 5.32. The lowest BCUT2D eigenvalue weighted by atomic mass is 10.0. The van der Waals surface area contributed by atoms with Crippen molar-refractivity contribution in [2.45, 2.75) is 18.5 Å². The van der Waals surface area contributed by atoms with Crippen LogP contribution in [0.5, 0.6) is 0 Å². The fourth-order valence-electron chi connectivity index (χ4n) is 3.71. The summed E-state index contributed by atoms with van der Waals surface area (Å²) < 4.78 is 11.0. The van der Waals surface area contributed by atoms with Crippen molar-refractivity contribution in [3.63, 3.8) is 0 Å². The maximum Gasteiger partial charge on any atom is 0.335 e. The fraction of sp³-hybridized carbons (Fsp3) is 0.217. The van der Waals surface area contributed by atoms with Gasteiger partial charge in [-0.25, -0.2) is 4.79 Å². The molecule has 2 atom stereocenters. The highest BCUT2D eigenvalue weighted by Crippen LogP contribution is 2.40. The Balaban J connectivity index is 1.67. The number of carbonyl (C=O) groups excluding carboxylic acids is 1. The molecule has 2 unspecified atom stereocenters. The maximum atomic E-state index is 11.7. The van der Waals surface area contributed by atoms with Gasteiger partial charge in [0.25, 0.3) is 0 Å². The summed E-state index contributed by atoms with van der Waals surface area (Å²) >= 11 is 5.56. The Morgan fingerprint density at radius 1 is 1.19 bits per heavy atom. The van der Waals surface area contributed by atoms with E-state index < -0.39 is 5.97 Å². The van der Waals surface area contributed by atoms with Crippen molar-refractivity contribution in [3.05, 3.63) is 77.8 Å². The number of rotatable bonds is 7. The Labute approximate surface area is 189 Å². The average molecular weight is 452 g/mol. The number of furan rings is 1. The largest absolute Gasteiger partial charge is 0.478 e. The minimum absolute atomic E-state index is 0.175. The van der Waals surface area contributed by atoms with Gasteiger partial charge in [0.15, 0.2) is 5.11 Å². The van der Waals surface area contributed by atoms with Crippen molar-refractivity contribution in [1.82, 2.24) is 15.2 Å². The molecule has 164 valence electrons. The van der Waals surface area contributed by atoms with Crippen molar-refractivity contribution in [3.8, 4) is 11.3 Å². The molecule has 9 heteroatoms. The number of benzene rings is 1. The van der Waals surface area contributed by atoms with Gasteiger partial charge in [-0.3, -0.25) is 9.78 Å². The first-order valence-electron chi connectivity index (χ1n) is 9.96. The molecule has 1 aromatic carbocycles. The molecule has 2 N–H and O–H groups in total. The molecule has 3 aromatic rings. The summed E-state index contributed by atoms with van der Waals surface area (Å²) in [6.45, 7) is 0.357. The van der Waals surface area contributed by atoms with E-state index in [0.717, 1.165) is 11.3 Å². The van der Waals surface area contributed by atoms with Crippen LogP contribution in [0.2, 0.25) is 0 Å². The van der Waals surface area contributed by atoms with E-state index in [-0.39, 0.29) is 30.0 Å². The molecule has 0 radical (unpaired) electrons. The van der Waals surface area contributed by atoms with E-state index in [9.17, 15) is 9.59 Å². The predicted molar refractivity (Wildman–Crippen MR) is 120 cm³/mol. The zero-order valence-corrected chi connectivity index (χ0v) is 18.0. The van der Waals surface area contributed by atoms with Gasteiger partial charge < -0.3 is 24.5 Å². The van der Waals surface area contributed by atoms with Crippen LogP contribution < -0.4 is 5.32 Å². The zero-order chi connectivity index (χ0) is 22.7. The highest BCUT2D eigenvalue weighted by Gasteiger charge is 2.41. The third-order valence-corrected chi connectivity index (χ3v) is 5.67. The van der Waals surface area contributed by atoms with Crippen LogP contribution in [0, 0.1) is 0 Å².